The van der Waals surface area contributed by atoms with E-state index in [1.807, 2.05) is 42.5 Å². The quantitative estimate of drug-likeness (QED) is 0.508. The van der Waals surface area contributed by atoms with Crippen LogP contribution in [0.5, 0.6) is 0 Å². The van der Waals surface area contributed by atoms with Gasteiger partial charge in [0.25, 0.3) is 0 Å². The number of benzene rings is 3. The fraction of sp³-hybridized carbons (Fsp3) is 0.0952. The van der Waals surface area contributed by atoms with Crippen LogP contribution in [0.4, 0.5) is 10.1 Å². The van der Waals surface area contributed by atoms with E-state index in [1.54, 1.807) is 29.8 Å². The van der Waals surface area contributed by atoms with Gasteiger partial charge in [0.1, 0.15) is 5.82 Å². The number of hydrogen-bond donors (Lipinski definition) is 1. The summed E-state index contributed by atoms with van der Waals surface area (Å²) in [6.45, 7) is 0. The Hall–Kier alpha value is -3.19. The van der Waals surface area contributed by atoms with Gasteiger partial charge in [0.05, 0.1) is 11.3 Å². The number of anilines is 1. The van der Waals surface area contributed by atoms with Gasteiger partial charge in [-0.15, -0.1) is 10.2 Å². The highest BCUT2D eigenvalue weighted by Crippen LogP contribution is 2.26. The largest absolute Gasteiger partial charge is 0.325 e. The predicted octanol–water partition coefficient (Wildman–Crippen LogP) is 4.51. The number of fused-ring (bicyclic) bond motifs is 1. The van der Waals surface area contributed by atoms with Gasteiger partial charge in [0.15, 0.2) is 11.0 Å². The smallest absolute Gasteiger partial charge is 0.234 e. The van der Waals surface area contributed by atoms with Gasteiger partial charge in [-0.1, -0.05) is 60.3 Å². The van der Waals surface area contributed by atoms with Gasteiger partial charge < -0.3 is 9.88 Å². The van der Waals surface area contributed by atoms with Crippen molar-refractivity contribution in [3.8, 4) is 11.4 Å². The minimum Gasteiger partial charge on any atom is -0.325 e. The molecule has 140 valence electrons. The number of nitrogens with zero attached hydrogens (tertiary/aromatic N) is 3. The molecule has 1 aromatic heterocycles. The van der Waals surface area contributed by atoms with Crippen molar-refractivity contribution < 1.29 is 9.18 Å². The van der Waals surface area contributed by atoms with Crippen LogP contribution >= 0.6 is 11.8 Å². The lowest BCUT2D eigenvalue weighted by molar-refractivity contribution is -0.113. The summed E-state index contributed by atoms with van der Waals surface area (Å²) in [7, 11) is 1.76. The molecule has 0 atom stereocenters. The highest BCUT2D eigenvalue weighted by molar-refractivity contribution is 7.99. The van der Waals surface area contributed by atoms with E-state index in [9.17, 15) is 9.18 Å². The predicted molar refractivity (Wildman–Crippen MR) is 110 cm³/mol. The summed E-state index contributed by atoms with van der Waals surface area (Å²) in [5, 5.41) is 13.7. The third-order valence-corrected chi connectivity index (χ3v) is 5.37. The van der Waals surface area contributed by atoms with Crippen molar-refractivity contribution in [2.75, 3.05) is 11.1 Å². The minimum absolute atomic E-state index is 0.142. The van der Waals surface area contributed by atoms with Gasteiger partial charge in [-0.25, -0.2) is 4.39 Å². The minimum atomic E-state index is -0.358. The van der Waals surface area contributed by atoms with Crippen LogP contribution in [0.3, 0.4) is 0 Å². The molecule has 0 aliphatic heterocycles. The first-order chi connectivity index (χ1) is 13.6. The fourth-order valence-corrected chi connectivity index (χ4v) is 3.68. The van der Waals surface area contributed by atoms with Crippen molar-refractivity contribution in [2.24, 2.45) is 7.05 Å². The monoisotopic (exact) mass is 392 g/mol. The van der Waals surface area contributed by atoms with Crippen LogP contribution in [0.25, 0.3) is 22.2 Å². The molecule has 1 amide bonds. The van der Waals surface area contributed by atoms with E-state index in [4.69, 9.17) is 0 Å². The summed E-state index contributed by atoms with van der Waals surface area (Å²) in [5.74, 6) is 0.0991. The average molecular weight is 392 g/mol. The first-order valence-corrected chi connectivity index (χ1v) is 9.67. The molecule has 0 saturated carbocycles. The molecule has 0 fully saturated rings. The Morgan fingerprint density at radius 1 is 1.04 bits per heavy atom. The molecule has 0 saturated heterocycles. The fourth-order valence-electron chi connectivity index (χ4n) is 2.97. The van der Waals surface area contributed by atoms with Crippen molar-refractivity contribution in [2.45, 2.75) is 5.16 Å². The Bertz CT molecular complexity index is 1150. The van der Waals surface area contributed by atoms with Gasteiger partial charge in [-0.2, -0.15) is 0 Å². The molecule has 1 N–H and O–H groups in total. The summed E-state index contributed by atoms with van der Waals surface area (Å²) in [5.41, 5.74) is 1.15. The number of hydrogen-bond acceptors (Lipinski definition) is 4. The van der Waals surface area contributed by atoms with E-state index in [-0.39, 0.29) is 17.5 Å². The van der Waals surface area contributed by atoms with Crippen LogP contribution in [-0.4, -0.2) is 26.4 Å². The lowest BCUT2D eigenvalue weighted by atomic mass is 10.1. The maximum absolute atomic E-state index is 14.0. The number of carbonyl (C=O) groups is 1. The molecule has 1 heterocycles. The zero-order valence-electron chi connectivity index (χ0n) is 15.1. The van der Waals surface area contributed by atoms with Gasteiger partial charge in [0, 0.05) is 18.1 Å². The summed E-state index contributed by atoms with van der Waals surface area (Å²) in [6.07, 6.45) is 0. The van der Waals surface area contributed by atoms with Crippen LogP contribution in [0, 0.1) is 5.82 Å². The molecule has 4 aromatic rings. The molecule has 3 aromatic carbocycles. The highest BCUT2D eigenvalue weighted by atomic mass is 32.2. The van der Waals surface area contributed by atoms with Crippen molar-refractivity contribution in [3.05, 3.63) is 72.5 Å². The van der Waals surface area contributed by atoms with Crippen LogP contribution in [-0.2, 0) is 11.8 Å². The second-order valence-corrected chi connectivity index (χ2v) is 7.15. The summed E-state index contributed by atoms with van der Waals surface area (Å²) in [6, 6.07) is 20.1. The molecule has 4 rings (SSSR count). The zero-order valence-corrected chi connectivity index (χ0v) is 15.9. The first kappa shape index (κ1) is 18.2. The molecule has 0 aliphatic rings. The number of aromatic nitrogens is 3. The van der Waals surface area contributed by atoms with E-state index >= 15 is 0 Å². The van der Waals surface area contributed by atoms with Gasteiger partial charge in [0.2, 0.25) is 5.91 Å². The maximum Gasteiger partial charge on any atom is 0.234 e. The van der Waals surface area contributed by atoms with Crippen molar-refractivity contribution in [1.29, 1.82) is 0 Å². The molecule has 0 radical (unpaired) electrons. The second kappa shape index (κ2) is 7.82. The molecule has 0 spiro atoms. The van der Waals surface area contributed by atoms with Crippen LogP contribution < -0.4 is 5.32 Å². The summed E-state index contributed by atoms with van der Waals surface area (Å²) >= 11 is 1.26. The van der Waals surface area contributed by atoms with Crippen LogP contribution in [0.2, 0.25) is 0 Å². The molecule has 0 aliphatic carbocycles. The Morgan fingerprint density at radius 2 is 1.79 bits per heavy atom. The maximum atomic E-state index is 14.0. The molecule has 5 nitrogen and oxygen atoms in total. The molecule has 28 heavy (non-hydrogen) atoms. The first-order valence-electron chi connectivity index (χ1n) is 8.68. The Kier molecular flexibility index (Phi) is 5.08. The van der Waals surface area contributed by atoms with Crippen LogP contribution in [0.1, 0.15) is 0 Å². The SMILES string of the molecule is Cn1c(SCC(=O)Nc2cccc3ccccc23)nnc1-c1ccccc1F. The molecular weight excluding hydrogens is 375 g/mol. The normalized spacial score (nSPS) is 10.9. The lowest BCUT2D eigenvalue weighted by Gasteiger charge is -2.08. The standard InChI is InChI=1S/C21H17FN4OS/c1-26-20(16-10-4-5-11-17(16)22)24-25-21(26)28-13-19(27)23-18-12-6-8-14-7-2-3-9-15(14)18/h2-12H,13H2,1H3,(H,23,27). The zero-order chi connectivity index (χ0) is 19.5. The number of halogens is 1. The van der Waals surface area contributed by atoms with Gasteiger partial charge in [-0.3, -0.25) is 4.79 Å². The number of nitrogens with one attached hydrogen (secondary N) is 1. The Morgan fingerprint density at radius 3 is 2.64 bits per heavy atom. The van der Waals surface area contributed by atoms with Crippen LogP contribution in [0.15, 0.2) is 71.9 Å². The Balaban J connectivity index is 1.46. The van der Waals surface area contributed by atoms with Gasteiger partial charge >= 0.3 is 0 Å². The Labute approximate surface area is 165 Å². The number of carbonyl (C=O) groups excluding carboxylic acids is 1. The third-order valence-electron chi connectivity index (χ3n) is 4.35. The van der Waals surface area contributed by atoms with E-state index in [2.05, 4.69) is 15.5 Å². The molecule has 0 unspecified atom stereocenters. The third kappa shape index (κ3) is 3.61. The van der Waals surface area contributed by atoms with Crippen molar-refractivity contribution in [3.63, 3.8) is 0 Å². The topological polar surface area (TPSA) is 59.8 Å². The molecule has 7 heteroatoms. The highest BCUT2D eigenvalue weighted by Gasteiger charge is 2.15. The number of thioether (sulfide) groups is 1. The molecule has 0 bridgehead atoms. The van der Waals surface area contributed by atoms with Gasteiger partial charge in [-0.05, 0) is 23.6 Å². The van der Waals surface area contributed by atoms with Crippen molar-refractivity contribution >= 4 is 34.1 Å². The summed E-state index contributed by atoms with van der Waals surface area (Å²) in [4.78, 5) is 12.4. The second-order valence-electron chi connectivity index (χ2n) is 6.21. The number of amides is 1. The van der Waals surface area contributed by atoms with Crippen molar-refractivity contribution in [1.82, 2.24) is 14.8 Å². The average Bonchev–Trinajstić information content (AvgIpc) is 3.07. The van der Waals surface area contributed by atoms with E-state index < -0.39 is 0 Å². The van der Waals surface area contributed by atoms with E-state index in [1.165, 1.54) is 17.8 Å². The molecular formula is C21H17FN4OS. The number of rotatable bonds is 5. The van der Waals surface area contributed by atoms with E-state index in [0.29, 0.717) is 16.5 Å². The lowest BCUT2D eigenvalue weighted by Crippen LogP contribution is -2.14. The summed E-state index contributed by atoms with van der Waals surface area (Å²) < 4.78 is 15.7. The van der Waals surface area contributed by atoms with E-state index in [0.717, 1.165) is 16.5 Å².